The molecular formula is C69H135NO4. The van der Waals surface area contributed by atoms with Crippen molar-refractivity contribution in [2.45, 2.75) is 405 Å². The van der Waals surface area contributed by atoms with E-state index in [1.807, 2.05) is 0 Å². The molecule has 0 heterocycles. The fourth-order valence-corrected chi connectivity index (χ4v) is 11.1. The molecule has 0 saturated carbocycles. The molecule has 0 aliphatic rings. The smallest absolute Gasteiger partial charge is 0.220 e. The molecule has 3 unspecified atom stereocenters. The van der Waals surface area contributed by atoms with E-state index < -0.39 is 18.2 Å². The molecule has 3 atom stereocenters. The van der Waals surface area contributed by atoms with Crippen molar-refractivity contribution < 1.29 is 20.1 Å². The molecule has 0 bridgehead atoms. The predicted molar refractivity (Wildman–Crippen MR) is 328 cm³/mol. The second-order valence-electron chi connectivity index (χ2n) is 23.7. The van der Waals surface area contributed by atoms with E-state index in [-0.39, 0.29) is 12.5 Å². The Labute approximate surface area is 464 Å². The summed E-state index contributed by atoms with van der Waals surface area (Å²) in [4.78, 5) is 12.6. The maximum Gasteiger partial charge on any atom is 0.220 e. The summed E-state index contributed by atoms with van der Waals surface area (Å²) in [5, 5.41) is 33.8. The maximum absolute atomic E-state index is 12.6. The van der Waals surface area contributed by atoms with Crippen molar-refractivity contribution in [3.63, 3.8) is 0 Å². The summed E-state index contributed by atoms with van der Waals surface area (Å²) in [6, 6.07) is -0.831. The van der Waals surface area contributed by atoms with Crippen LogP contribution in [0.25, 0.3) is 0 Å². The van der Waals surface area contributed by atoms with Gasteiger partial charge in [-0.2, -0.15) is 0 Å². The van der Waals surface area contributed by atoms with E-state index in [4.69, 9.17) is 0 Å². The number of aliphatic hydroxyl groups excluding tert-OH is 3. The highest BCUT2D eigenvalue weighted by Gasteiger charge is 2.26. The monoisotopic (exact) mass is 1040 g/mol. The molecule has 0 spiro atoms. The number of rotatable bonds is 64. The molecule has 0 radical (unpaired) electrons. The van der Waals surface area contributed by atoms with Crippen LogP contribution in [0.15, 0.2) is 24.3 Å². The standard InChI is InChI=1S/C69H135NO4/c1-3-5-7-9-11-13-15-17-19-21-23-25-26-27-28-29-30-31-32-33-34-35-36-37-38-39-40-41-42-44-46-48-50-52-54-56-58-60-62-64-68(73)70-66(65-71)69(74)67(72)63-61-59-57-55-53-51-49-47-45-43-24-22-20-18-16-14-12-10-8-6-4-2/h47,49,55,57,66-67,69,71-72,74H,3-46,48,50-54,56,58-65H2,1-2H3,(H,70,73)/b49-47+,57-55+. The van der Waals surface area contributed by atoms with Crippen LogP contribution in [0.2, 0.25) is 0 Å². The van der Waals surface area contributed by atoms with Gasteiger partial charge in [0.2, 0.25) is 5.91 Å². The Morgan fingerprint density at radius 2 is 0.554 bits per heavy atom. The van der Waals surface area contributed by atoms with Crippen LogP contribution in [-0.4, -0.2) is 46.1 Å². The quantitative estimate of drug-likeness (QED) is 0.0361. The minimum absolute atomic E-state index is 0.150. The molecule has 0 aromatic carbocycles. The van der Waals surface area contributed by atoms with Crippen LogP contribution in [0.4, 0.5) is 0 Å². The zero-order chi connectivity index (χ0) is 53.6. The molecule has 5 nitrogen and oxygen atoms in total. The van der Waals surface area contributed by atoms with Crippen LogP contribution in [0.1, 0.15) is 386 Å². The summed E-state index contributed by atoms with van der Waals surface area (Å²) in [5.41, 5.74) is 0. The normalized spacial score (nSPS) is 13.2. The SMILES string of the molecule is CCCCCCCCCCCCCC/C=C/CC/C=C/CCCC(O)C(O)C(CO)NC(=O)CCCCCCCCCCCCCCCCCCCCCCCCCCCCCCCCCCCCCCCCC. The van der Waals surface area contributed by atoms with Gasteiger partial charge in [0, 0.05) is 6.42 Å². The van der Waals surface area contributed by atoms with Crippen LogP contribution in [0.3, 0.4) is 0 Å². The van der Waals surface area contributed by atoms with Crippen LogP contribution >= 0.6 is 0 Å². The molecule has 0 aliphatic heterocycles. The topological polar surface area (TPSA) is 89.8 Å². The third kappa shape index (κ3) is 58.5. The Bertz CT molecular complexity index is 1110. The Morgan fingerprint density at radius 1 is 0.324 bits per heavy atom. The third-order valence-electron chi connectivity index (χ3n) is 16.3. The summed E-state index contributed by atoms with van der Waals surface area (Å²) in [6.45, 7) is 4.21. The molecule has 0 rings (SSSR count). The number of nitrogens with one attached hydrogen (secondary N) is 1. The number of hydrogen-bond donors (Lipinski definition) is 4. The molecule has 4 N–H and O–H groups in total. The Balaban J connectivity index is 3.45. The van der Waals surface area contributed by atoms with Gasteiger partial charge in [0.05, 0.1) is 18.8 Å². The van der Waals surface area contributed by atoms with Gasteiger partial charge in [0.1, 0.15) is 6.10 Å². The van der Waals surface area contributed by atoms with Crippen LogP contribution in [0.5, 0.6) is 0 Å². The lowest BCUT2D eigenvalue weighted by Crippen LogP contribution is -2.50. The lowest BCUT2D eigenvalue weighted by atomic mass is 10.0. The highest BCUT2D eigenvalue weighted by atomic mass is 16.3. The number of unbranched alkanes of at least 4 members (excludes halogenated alkanes) is 52. The van der Waals surface area contributed by atoms with Gasteiger partial charge in [-0.3, -0.25) is 4.79 Å². The number of aliphatic hydroxyl groups is 3. The Kier molecular flexibility index (Phi) is 63.3. The lowest BCUT2D eigenvalue weighted by Gasteiger charge is -2.26. The van der Waals surface area contributed by atoms with E-state index in [2.05, 4.69) is 43.5 Å². The van der Waals surface area contributed by atoms with Crippen LogP contribution in [-0.2, 0) is 4.79 Å². The van der Waals surface area contributed by atoms with Gasteiger partial charge in [-0.25, -0.2) is 0 Å². The third-order valence-corrected chi connectivity index (χ3v) is 16.3. The lowest BCUT2D eigenvalue weighted by molar-refractivity contribution is -0.124. The first kappa shape index (κ1) is 72.8. The van der Waals surface area contributed by atoms with Gasteiger partial charge in [-0.05, 0) is 51.4 Å². The van der Waals surface area contributed by atoms with Crippen molar-refractivity contribution in [2.24, 2.45) is 0 Å². The summed E-state index contributed by atoms with van der Waals surface area (Å²) in [7, 11) is 0. The van der Waals surface area contributed by atoms with E-state index in [0.29, 0.717) is 12.8 Å². The van der Waals surface area contributed by atoms with Gasteiger partial charge in [-0.15, -0.1) is 0 Å². The Morgan fingerprint density at radius 3 is 0.824 bits per heavy atom. The molecule has 440 valence electrons. The molecule has 74 heavy (non-hydrogen) atoms. The number of carbonyl (C=O) groups is 1. The second-order valence-corrected chi connectivity index (χ2v) is 23.7. The maximum atomic E-state index is 12.6. The van der Waals surface area contributed by atoms with Crippen molar-refractivity contribution in [1.82, 2.24) is 5.32 Å². The summed E-state index contributed by atoms with van der Waals surface area (Å²) in [5.74, 6) is -0.150. The number of allylic oxidation sites excluding steroid dienone is 4. The average Bonchev–Trinajstić information content (AvgIpc) is 3.41. The minimum atomic E-state index is -1.17. The van der Waals surface area contributed by atoms with Gasteiger partial charge >= 0.3 is 0 Å². The average molecular weight is 1040 g/mol. The van der Waals surface area contributed by atoms with Gasteiger partial charge in [-0.1, -0.05) is 353 Å². The van der Waals surface area contributed by atoms with Gasteiger partial charge < -0.3 is 20.6 Å². The van der Waals surface area contributed by atoms with E-state index in [9.17, 15) is 20.1 Å². The van der Waals surface area contributed by atoms with E-state index >= 15 is 0 Å². The fraction of sp³-hybridized carbons (Fsp3) is 0.928. The van der Waals surface area contributed by atoms with Crippen molar-refractivity contribution >= 4 is 5.91 Å². The second kappa shape index (κ2) is 64.4. The molecule has 0 fully saturated rings. The summed E-state index contributed by atoms with van der Waals surface area (Å²) in [6.07, 6.45) is 84.1. The predicted octanol–water partition coefficient (Wildman–Crippen LogP) is 22.0. The molecular weight excluding hydrogens is 907 g/mol. The number of hydrogen-bond acceptors (Lipinski definition) is 4. The molecule has 0 aromatic heterocycles. The summed E-state index contributed by atoms with van der Waals surface area (Å²) < 4.78 is 0. The Hall–Kier alpha value is -1.17. The van der Waals surface area contributed by atoms with Crippen molar-refractivity contribution in [1.29, 1.82) is 0 Å². The summed E-state index contributed by atoms with van der Waals surface area (Å²) >= 11 is 0. The zero-order valence-electron chi connectivity index (χ0n) is 50.5. The van der Waals surface area contributed by atoms with Crippen LogP contribution in [0, 0.1) is 0 Å². The van der Waals surface area contributed by atoms with Gasteiger partial charge in [0.15, 0.2) is 0 Å². The first-order valence-electron chi connectivity index (χ1n) is 34.1. The first-order chi connectivity index (χ1) is 36.6. The molecule has 0 aromatic rings. The molecule has 0 saturated heterocycles. The first-order valence-corrected chi connectivity index (χ1v) is 34.1. The number of carbonyl (C=O) groups excluding carboxylic acids is 1. The van der Waals surface area contributed by atoms with Gasteiger partial charge in [0.25, 0.3) is 0 Å². The van der Waals surface area contributed by atoms with Crippen molar-refractivity contribution in [3.8, 4) is 0 Å². The van der Waals surface area contributed by atoms with Crippen LogP contribution < -0.4 is 5.32 Å². The molecule has 0 aliphatic carbocycles. The van der Waals surface area contributed by atoms with E-state index in [1.54, 1.807) is 0 Å². The number of amides is 1. The molecule has 5 heteroatoms. The molecule has 1 amide bonds. The fourth-order valence-electron chi connectivity index (χ4n) is 11.1. The van der Waals surface area contributed by atoms with Crippen molar-refractivity contribution in [3.05, 3.63) is 24.3 Å². The minimum Gasteiger partial charge on any atom is -0.394 e. The zero-order valence-corrected chi connectivity index (χ0v) is 50.5. The van der Waals surface area contributed by atoms with E-state index in [0.717, 1.165) is 44.9 Å². The van der Waals surface area contributed by atoms with E-state index in [1.165, 1.54) is 315 Å². The highest BCUT2D eigenvalue weighted by molar-refractivity contribution is 5.76. The van der Waals surface area contributed by atoms with Crippen molar-refractivity contribution in [2.75, 3.05) is 6.61 Å². The highest BCUT2D eigenvalue weighted by Crippen LogP contribution is 2.19. The largest absolute Gasteiger partial charge is 0.394 e.